The molecule has 0 saturated heterocycles. The van der Waals surface area contributed by atoms with Crippen molar-refractivity contribution in [2.45, 2.75) is 12.7 Å². The number of hydrogen-bond acceptors (Lipinski definition) is 8. The number of hydrogen-bond donors (Lipinski definition) is 1. The second kappa shape index (κ2) is 10.6. The summed E-state index contributed by atoms with van der Waals surface area (Å²) in [4.78, 5) is 46.6. The minimum Gasteiger partial charge on any atom is -0.489 e. The summed E-state index contributed by atoms with van der Waals surface area (Å²) in [7, 11) is 2.40. The Kier molecular flexibility index (Phi) is 8.12. The smallest absolute Gasteiger partial charge is 0.416 e. The molecule has 11 nitrogen and oxygen atoms in total. The number of benzene rings is 1. The molecule has 33 heavy (non-hydrogen) atoms. The Labute approximate surface area is 183 Å². The molecule has 1 aromatic heterocycles. The number of pyridine rings is 1. The van der Waals surface area contributed by atoms with E-state index in [4.69, 9.17) is 9.47 Å². The van der Waals surface area contributed by atoms with E-state index in [1.807, 2.05) is 0 Å². The maximum Gasteiger partial charge on any atom is 0.416 e. The van der Waals surface area contributed by atoms with E-state index in [1.165, 1.54) is 7.11 Å². The molecule has 0 aliphatic carbocycles. The van der Waals surface area contributed by atoms with Gasteiger partial charge < -0.3 is 19.5 Å². The van der Waals surface area contributed by atoms with Crippen molar-refractivity contribution < 1.29 is 41.9 Å². The predicted octanol–water partition coefficient (Wildman–Crippen LogP) is 2.23. The van der Waals surface area contributed by atoms with Gasteiger partial charge >= 0.3 is 23.4 Å². The van der Waals surface area contributed by atoms with Gasteiger partial charge in [0.25, 0.3) is 0 Å². The highest BCUT2D eigenvalue weighted by molar-refractivity contribution is 5.93. The molecule has 1 heterocycles. The first-order valence-electron chi connectivity index (χ1n) is 9.08. The average molecular weight is 473 g/mol. The third-order valence-electron chi connectivity index (χ3n) is 4.12. The normalized spacial score (nSPS) is 11.1. The van der Waals surface area contributed by atoms with Crippen molar-refractivity contribution in [3.05, 3.63) is 62.1 Å². The molecule has 0 aliphatic heterocycles. The molecule has 14 heteroatoms. The molecule has 0 atom stereocenters. The third kappa shape index (κ3) is 6.52. The lowest BCUT2D eigenvalue weighted by Crippen LogP contribution is -2.30. The van der Waals surface area contributed by atoms with E-state index in [0.29, 0.717) is 16.7 Å². The fourth-order valence-electron chi connectivity index (χ4n) is 2.61. The van der Waals surface area contributed by atoms with Crippen LogP contribution in [0, 0.1) is 10.1 Å². The average Bonchev–Trinajstić information content (AvgIpc) is 2.74. The van der Waals surface area contributed by atoms with Gasteiger partial charge in [0.1, 0.15) is 18.9 Å². The Morgan fingerprint density at radius 3 is 2.45 bits per heavy atom. The second-order valence-corrected chi connectivity index (χ2v) is 6.39. The molecular weight excluding hydrogens is 455 g/mol. The number of anilines is 1. The highest BCUT2D eigenvalue weighted by Crippen LogP contribution is 2.35. The van der Waals surface area contributed by atoms with E-state index in [2.05, 4.69) is 10.1 Å². The largest absolute Gasteiger partial charge is 0.489 e. The van der Waals surface area contributed by atoms with Crippen LogP contribution in [0.5, 0.6) is 5.75 Å². The van der Waals surface area contributed by atoms with Crippen LogP contribution in [0.4, 0.5) is 24.5 Å². The van der Waals surface area contributed by atoms with Crippen molar-refractivity contribution in [1.29, 1.82) is 0 Å². The van der Waals surface area contributed by atoms with Crippen molar-refractivity contribution in [2.24, 2.45) is 0 Å². The van der Waals surface area contributed by atoms with Gasteiger partial charge in [-0.1, -0.05) is 0 Å². The maximum atomic E-state index is 13.1. The van der Waals surface area contributed by atoms with Gasteiger partial charge in [0, 0.05) is 19.4 Å². The number of nitrogens with one attached hydrogen (secondary N) is 1. The molecule has 0 bridgehead atoms. The van der Waals surface area contributed by atoms with Gasteiger partial charge in [-0.25, -0.2) is 4.79 Å². The topological polar surface area (TPSA) is 139 Å². The molecular formula is C19H18F3N3O8. The number of nitrogens with zero attached hydrogens (tertiary/aromatic N) is 2. The van der Waals surface area contributed by atoms with Gasteiger partial charge in [0.05, 0.1) is 35.5 Å². The zero-order valence-electron chi connectivity index (χ0n) is 17.3. The van der Waals surface area contributed by atoms with Crippen LogP contribution in [0.2, 0.25) is 0 Å². The number of carbonyl (C=O) groups excluding carboxylic acids is 2. The van der Waals surface area contributed by atoms with E-state index >= 15 is 0 Å². The van der Waals surface area contributed by atoms with E-state index < -0.39 is 46.3 Å². The van der Waals surface area contributed by atoms with Crippen LogP contribution in [-0.4, -0.2) is 48.8 Å². The molecule has 0 unspecified atom stereocenters. The highest BCUT2D eigenvalue weighted by Gasteiger charge is 2.31. The van der Waals surface area contributed by atoms with Crippen LogP contribution >= 0.6 is 0 Å². The van der Waals surface area contributed by atoms with Crippen LogP contribution in [-0.2, 0) is 27.0 Å². The van der Waals surface area contributed by atoms with Crippen molar-refractivity contribution in [3.63, 3.8) is 0 Å². The molecule has 0 saturated carbocycles. The first kappa shape index (κ1) is 25.3. The second-order valence-electron chi connectivity index (χ2n) is 6.39. The number of nitro groups is 1. The van der Waals surface area contributed by atoms with E-state index in [0.717, 1.165) is 25.4 Å². The van der Waals surface area contributed by atoms with E-state index in [1.54, 1.807) is 0 Å². The van der Waals surface area contributed by atoms with Crippen molar-refractivity contribution in [2.75, 3.05) is 32.8 Å². The van der Waals surface area contributed by atoms with Gasteiger partial charge in [-0.2, -0.15) is 13.2 Å². The first-order valence-corrected chi connectivity index (χ1v) is 9.08. The standard InChI is InChI=1S/C19H18F3N3O8/c1-31-5-6-33-15-4-3-12(19(20,21)22)8-13(15)23-16(26)10-24-9-11(18(28)32-2)7-14(17(24)27)25(29)30/h3-4,7-9H,5-6,10H2,1-2H3,(H,23,26). The van der Waals surface area contributed by atoms with Gasteiger partial charge in [-0.15, -0.1) is 0 Å². The Morgan fingerprint density at radius 2 is 1.88 bits per heavy atom. The molecule has 0 fully saturated rings. The lowest BCUT2D eigenvalue weighted by Gasteiger charge is -2.16. The number of halogens is 3. The Morgan fingerprint density at radius 1 is 1.18 bits per heavy atom. The van der Waals surface area contributed by atoms with Gasteiger partial charge in [0.15, 0.2) is 0 Å². The summed E-state index contributed by atoms with van der Waals surface area (Å²) in [5.41, 5.74) is -3.99. The van der Waals surface area contributed by atoms with Gasteiger partial charge in [-0.3, -0.25) is 24.3 Å². The van der Waals surface area contributed by atoms with E-state index in [-0.39, 0.29) is 30.2 Å². The molecule has 1 aromatic carbocycles. The number of methoxy groups -OCH3 is 2. The number of ether oxygens (including phenoxy) is 3. The van der Waals surface area contributed by atoms with Gasteiger partial charge in [0.2, 0.25) is 5.91 Å². The summed E-state index contributed by atoms with van der Waals surface area (Å²) >= 11 is 0. The third-order valence-corrected chi connectivity index (χ3v) is 4.12. The van der Waals surface area contributed by atoms with Crippen molar-refractivity contribution >= 4 is 23.3 Å². The SMILES string of the molecule is COCCOc1ccc(C(F)(F)F)cc1NC(=O)Cn1cc(C(=O)OC)cc([N+](=O)[O-])c1=O. The molecule has 2 rings (SSSR count). The van der Waals surface area contributed by atoms with Crippen LogP contribution in [0.15, 0.2) is 35.3 Å². The monoisotopic (exact) mass is 473 g/mol. The zero-order chi connectivity index (χ0) is 24.8. The highest BCUT2D eigenvalue weighted by atomic mass is 19.4. The Balaban J connectivity index is 2.38. The summed E-state index contributed by atoms with van der Waals surface area (Å²) < 4.78 is 54.4. The molecule has 1 amide bonds. The van der Waals surface area contributed by atoms with Crippen LogP contribution in [0.3, 0.4) is 0 Å². The minimum atomic E-state index is -4.71. The molecule has 0 radical (unpaired) electrons. The van der Waals surface area contributed by atoms with Crippen molar-refractivity contribution in [1.82, 2.24) is 4.57 Å². The maximum absolute atomic E-state index is 13.1. The van der Waals surface area contributed by atoms with Gasteiger partial charge in [-0.05, 0) is 18.2 Å². The number of carbonyl (C=O) groups is 2. The molecule has 0 spiro atoms. The molecule has 1 N–H and O–H groups in total. The quantitative estimate of drug-likeness (QED) is 0.253. The minimum absolute atomic E-state index is 0.0302. The number of amides is 1. The summed E-state index contributed by atoms with van der Waals surface area (Å²) in [6.07, 6.45) is -3.85. The Hall–Kier alpha value is -3.94. The predicted molar refractivity (Wildman–Crippen MR) is 106 cm³/mol. The van der Waals surface area contributed by atoms with Crippen LogP contribution in [0.25, 0.3) is 0 Å². The fraction of sp³-hybridized carbons (Fsp3) is 0.316. The van der Waals surface area contributed by atoms with Crippen molar-refractivity contribution in [3.8, 4) is 5.75 Å². The van der Waals surface area contributed by atoms with E-state index in [9.17, 15) is 37.7 Å². The van der Waals surface area contributed by atoms with Crippen LogP contribution < -0.4 is 15.6 Å². The summed E-state index contributed by atoms with van der Waals surface area (Å²) in [6, 6.07) is 3.09. The van der Waals surface area contributed by atoms with Crippen LogP contribution in [0.1, 0.15) is 15.9 Å². The summed E-state index contributed by atoms with van der Waals surface area (Å²) in [5, 5.41) is 13.3. The number of esters is 1. The number of rotatable bonds is 9. The molecule has 0 aliphatic rings. The number of alkyl halides is 3. The summed E-state index contributed by atoms with van der Waals surface area (Å²) in [5.74, 6) is -2.11. The first-order chi connectivity index (χ1) is 15.5. The summed E-state index contributed by atoms with van der Waals surface area (Å²) in [6.45, 7) is -0.760. The lowest BCUT2D eigenvalue weighted by atomic mass is 10.1. The number of aromatic nitrogens is 1. The fourth-order valence-corrected chi connectivity index (χ4v) is 2.61. The lowest BCUT2D eigenvalue weighted by molar-refractivity contribution is -0.386. The Bertz CT molecular complexity index is 1110. The zero-order valence-corrected chi connectivity index (χ0v) is 17.3. The molecule has 2 aromatic rings. The molecule has 178 valence electrons.